The number of nitrogens with zero attached hydrogens (tertiary/aromatic N) is 2. The number of rotatable bonds is 3. The minimum absolute atomic E-state index is 0.797. The molecule has 0 aromatic heterocycles. The Labute approximate surface area is 90.8 Å². The van der Waals surface area contributed by atoms with Gasteiger partial charge in [-0.05, 0) is 43.4 Å². The molecule has 2 rings (SSSR count). The van der Waals surface area contributed by atoms with Gasteiger partial charge in [0.05, 0.1) is 6.54 Å². The van der Waals surface area contributed by atoms with Gasteiger partial charge in [0.15, 0.2) is 0 Å². The highest BCUT2D eigenvalue weighted by Crippen LogP contribution is 2.15. The summed E-state index contributed by atoms with van der Waals surface area (Å²) < 4.78 is 0. The average molecular weight is 200 g/mol. The zero-order chi connectivity index (χ0) is 10.7. The molecule has 1 heterocycles. The van der Waals surface area contributed by atoms with Crippen LogP contribution in [0.5, 0.6) is 0 Å². The van der Waals surface area contributed by atoms with Crippen LogP contribution in [0.1, 0.15) is 23.1 Å². The molecule has 0 unspecified atom stereocenters. The van der Waals surface area contributed by atoms with Crippen molar-refractivity contribution in [2.24, 2.45) is 9.98 Å². The minimum Gasteiger partial charge on any atom is -0.267 e. The van der Waals surface area contributed by atoms with Gasteiger partial charge in [-0.1, -0.05) is 18.2 Å². The summed E-state index contributed by atoms with van der Waals surface area (Å²) in [5.41, 5.74) is 5.44. The van der Waals surface area contributed by atoms with Crippen molar-refractivity contribution in [3.05, 3.63) is 34.9 Å². The van der Waals surface area contributed by atoms with Gasteiger partial charge in [-0.3, -0.25) is 4.99 Å². The third-order valence-electron chi connectivity index (χ3n) is 2.90. The van der Waals surface area contributed by atoms with E-state index in [-0.39, 0.29) is 0 Å². The fraction of sp³-hybridized carbons (Fsp3) is 0.385. The lowest BCUT2D eigenvalue weighted by molar-refractivity contribution is 0.993. The Hall–Kier alpha value is -1.44. The summed E-state index contributed by atoms with van der Waals surface area (Å²) in [7, 11) is 0. The van der Waals surface area contributed by atoms with E-state index >= 15 is 0 Å². The maximum absolute atomic E-state index is 4.24. The summed E-state index contributed by atoms with van der Waals surface area (Å²) >= 11 is 0. The Morgan fingerprint density at radius 2 is 1.87 bits per heavy atom. The van der Waals surface area contributed by atoms with Crippen molar-refractivity contribution in [3.8, 4) is 0 Å². The van der Waals surface area contributed by atoms with Gasteiger partial charge in [0.25, 0.3) is 0 Å². The largest absolute Gasteiger partial charge is 0.267 e. The first-order valence-corrected chi connectivity index (χ1v) is 5.36. The quantitative estimate of drug-likeness (QED) is 0.716. The Morgan fingerprint density at radius 1 is 1.13 bits per heavy atom. The van der Waals surface area contributed by atoms with Crippen molar-refractivity contribution >= 4 is 12.1 Å². The van der Waals surface area contributed by atoms with Crippen LogP contribution < -0.4 is 0 Å². The second kappa shape index (κ2) is 4.39. The van der Waals surface area contributed by atoms with E-state index in [0.717, 1.165) is 19.4 Å². The standard InChI is InChI=1S/C13H16N2/c1-10-4-3-5-11(2)13(10)7-6-12-8-14-9-15-12/h3-5,9H,6-8H2,1-2H3. The van der Waals surface area contributed by atoms with Crippen molar-refractivity contribution in [2.75, 3.05) is 6.54 Å². The number of aryl methyl sites for hydroxylation is 2. The zero-order valence-electron chi connectivity index (χ0n) is 9.33. The van der Waals surface area contributed by atoms with E-state index in [1.807, 2.05) is 0 Å². The van der Waals surface area contributed by atoms with E-state index in [0.29, 0.717) is 0 Å². The first-order valence-electron chi connectivity index (χ1n) is 5.36. The van der Waals surface area contributed by atoms with Crippen LogP contribution in [0.25, 0.3) is 0 Å². The molecule has 78 valence electrons. The molecule has 0 radical (unpaired) electrons. The number of hydrogen-bond acceptors (Lipinski definition) is 2. The van der Waals surface area contributed by atoms with E-state index in [1.54, 1.807) is 6.34 Å². The van der Waals surface area contributed by atoms with Gasteiger partial charge in [-0.15, -0.1) is 0 Å². The first-order chi connectivity index (χ1) is 7.27. The van der Waals surface area contributed by atoms with Gasteiger partial charge < -0.3 is 0 Å². The van der Waals surface area contributed by atoms with Crippen molar-refractivity contribution in [2.45, 2.75) is 26.7 Å². The summed E-state index contributed by atoms with van der Waals surface area (Å²) in [4.78, 5) is 8.33. The van der Waals surface area contributed by atoms with Crippen molar-refractivity contribution < 1.29 is 0 Å². The lowest BCUT2D eigenvalue weighted by Crippen LogP contribution is -2.03. The monoisotopic (exact) mass is 200 g/mol. The number of hydrogen-bond donors (Lipinski definition) is 0. The van der Waals surface area contributed by atoms with Gasteiger partial charge in [-0.25, -0.2) is 4.99 Å². The molecule has 1 aliphatic heterocycles. The fourth-order valence-corrected chi connectivity index (χ4v) is 1.97. The number of aliphatic imine (C=N–C) groups is 2. The molecule has 0 bridgehead atoms. The minimum atomic E-state index is 0.797. The molecule has 0 aliphatic carbocycles. The highest BCUT2D eigenvalue weighted by Gasteiger charge is 2.06. The molecule has 0 atom stereocenters. The summed E-state index contributed by atoms with van der Waals surface area (Å²) in [5, 5.41) is 0. The molecule has 0 saturated heterocycles. The van der Waals surface area contributed by atoms with Crippen molar-refractivity contribution in [3.63, 3.8) is 0 Å². The lowest BCUT2D eigenvalue weighted by atomic mass is 9.97. The van der Waals surface area contributed by atoms with E-state index in [9.17, 15) is 0 Å². The number of benzene rings is 1. The summed E-state index contributed by atoms with van der Waals surface area (Å²) in [6, 6.07) is 6.47. The molecule has 2 nitrogen and oxygen atoms in total. The highest BCUT2D eigenvalue weighted by atomic mass is 14.9. The normalized spacial score (nSPS) is 14.4. The van der Waals surface area contributed by atoms with Crippen LogP contribution in [0.3, 0.4) is 0 Å². The third kappa shape index (κ3) is 2.32. The van der Waals surface area contributed by atoms with Crippen LogP contribution in [-0.2, 0) is 6.42 Å². The van der Waals surface area contributed by atoms with Crippen LogP contribution in [0.4, 0.5) is 0 Å². The molecule has 2 heteroatoms. The predicted molar refractivity (Wildman–Crippen MR) is 65.0 cm³/mol. The van der Waals surface area contributed by atoms with Crippen molar-refractivity contribution in [1.29, 1.82) is 0 Å². The van der Waals surface area contributed by atoms with Crippen LogP contribution in [0.15, 0.2) is 28.2 Å². The van der Waals surface area contributed by atoms with Crippen LogP contribution in [0, 0.1) is 13.8 Å². The Morgan fingerprint density at radius 3 is 2.47 bits per heavy atom. The van der Waals surface area contributed by atoms with Gasteiger partial charge in [0.1, 0.15) is 6.34 Å². The van der Waals surface area contributed by atoms with Crippen LogP contribution in [0.2, 0.25) is 0 Å². The Kier molecular flexibility index (Phi) is 2.95. The fourth-order valence-electron chi connectivity index (χ4n) is 1.97. The van der Waals surface area contributed by atoms with Crippen molar-refractivity contribution in [1.82, 2.24) is 0 Å². The Bertz CT molecular complexity index is 396. The summed E-state index contributed by atoms with van der Waals surface area (Å²) in [5.74, 6) is 0. The Balaban J connectivity index is 2.04. The highest BCUT2D eigenvalue weighted by molar-refractivity contribution is 5.96. The molecule has 15 heavy (non-hydrogen) atoms. The molecule has 0 saturated carbocycles. The van der Waals surface area contributed by atoms with Gasteiger partial charge in [-0.2, -0.15) is 0 Å². The topological polar surface area (TPSA) is 24.7 Å². The first kappa shape index (κ1) is 10.1. The lowest BCUT2D eigenvalue weighted by Gasteiger charge is -2.08. The molecule has 0 fully saturated rings. The molecular weight excluding hydrogens is 184 g/mol. The molecule has 0 amide bonds. The predicted octanol–water partition coefficient (Wildman–Crippen LogP) is 2.72. The van der Waals surface area contributed by atoms with Crippen LogP contribution in [-0.4, -0.2) is 18.6 Å². The maximum atomic E-state index is 4.24. The smallest absolute Gasteiger partial charge is 0.110 e. The van der Waals surface area contributed by atoms with E-state index in [2.05, 4.69) is 42.0 Å². The van der Waals surface area contributed by atoms with Gasteiger partial charge in [0, 0.05) is 5.71 Å². The van der Waals surface area contributed by atoms with Gasteiger partial charge in [0.2, 0.25) is 0 Å². The van der Waals surface area contributed by atoms with Gasteiger partial charge >= 0.3 is 0 Å². The third-order valence-corrected chi connectivity index (χ3v) is 2.90. The SMILES string of the molecule is Cc1cccc(C)c1CCC1=NC=NC1. The average Bonchev–Trinajstić information content (AvgIpc) is 2.70. The molecule has 0 spiro atoms. The van der Waals surface area contributed by atoms with Crippen LogP contribution >= 0.6 is 0 Å². The molecular formula is C13H16N2. The van der Waals surface area contributed by atoms with E-state index in [4.69, 9.17) is 0 Å². The second-order valence-electron chi connectivity index (χ2n) is 4.02. The van der Waals surface area contributed by atoms with E-state index in [1.165, 1.54) is 22.4 Å². The second-order valence-corrected chi connectivity index (χ2v) is 4.02. The maximum Gasteiger partial charge on any atom is 0.110 e. The summed E-state index contributed by atoms with van der Waals surface area (Å²) in [6.45, 7) is 5.15. The summed E-state index contributed by atoms with van der Waals surface area (Å²) in [6.07, 6.45) is 3.78. The molecule has 1 aromatic rings. The molecule has 1 aliphatic rings. The van der Waals surface area contributed by atoms with E-state index < -0.39 is 0 Å². The molecule has 0 N–H and O–H groups in total. The molecule has 1 aromatic carbocycles. The zero-order valence-corrected chi connectivity index (χ0v) is 9.33.